The minimum Gasteiger partial charge on any atom is -0.412 e. The van der Waals surface area contributed by atoms with Gasteiger partial charge < -0.3 is 15.4 Å². The summed E-state index contributed by atoms with van der Waals surface area (Å²) in [4.78, 5) is 15.6. The average Bonchev–Trinajstić information content (AvgIpc) is 3.05. The van der Waals surface area contributed by atoms with Crippen LogP contribution in [0.2, 0.25) is 0 Å². The van der Waals surface area contributed by atoms with E-state index in [0.29, 0.717) is 6.04 Å². The molecule has 4 rings (SSSR count). The summed E-state index contributed by atoms with van der Waals surface area (Å²) in [5.74, 6) is 2.00. The minimum atomic E-state index is 0. The maximum Gasteiger partial charge on any atom is 0.159 e. The summed E-state index contributed by atoms with van der Waals surface area (Å²) < 4.78 is 0. The van der Waals surface area contributed by atoms with E-state index in [-0.39, 0.29) is 17.9 Å². The number of hydrogen-bond acceptors (Lipinski definition) is 3. The quantitative estimate of drug-likeness (QED) is 0.744. The molecule has 140 valence electrons. The fourth-order valence-corrected chi connectivity index (χ4v) is 3.78. The molecule has 1 fully saturated rings. The predicted molar refractivity (Wildman–Crippen MR) is 109 cm³/mol. The maximum absolute atomic E-state index is 4.93. The van der Waals surface area contributed by atoms with Gasteiger partial charge >= 0.3 is 0 Å². The highest BCUT2D eigenvalue weighted by atomic mass is 35.5. The lowest BCUT2D eigenvalue weighted by molar-refractivity contribution is 0.446. The van der Waals surface area contributed by atoms with Crippen LogP contribution in [0, 0.1) is 6.92 Å². The van der Waals surface area contributed by atoms with Gasteiger partial charge in [-0.3, -0.25) is 0 Å². The summed E-state index contributed by atoms with van der Waals surface area (Å²) in [6.07, 6.45) is 4.97. The molecule has 0 aliphatic carbocycles. The van der Waals surface area contributed by atoms with Crippen LogP contribution in [0.5, 0.6) is 0 Å². The van der Waals surface area contributed by atoms with Gasteiger partial charge in [-0.25, -0.2) is 9.97 Å². The highest BCUT2D eigenvalue weighted by Crippen LogP contribution is 2.36. The highest BCUT2D eigenvalue weighted by molar-refractivity contribution is 5.85. The largest absolute Gasteiger partial charge is 0.412 e. The Morgan fingerprint density at radius 2 is 1.92 bits per heavy atom. The van der Waals surface area contributed by atoms with E-state index in [9.17, 15) is 0 Å². The molecule has 1 aromatic carbocycles. The van der Waals surface area contributed by atoms with Crippen LogP contribution in [0.25, 0.3) is 22.6 Å². The molecule has 3 N–H and O–H groups in total. The minimum absolute atomic E-state index is 0. The van der Waals surface area contributed by atoms with Crippen LogP contribution >= 0.6 is 12.4 Å². The van der Waals surface area contributed by atoms with E-state index >= 15 is 0 Å². The van der Waals surface area contributed by atoms with Crippen molar-refractivity contribution in [3.8, 4) is 22.6 Å². The zero-order valence-corrected chi connectivity index (χ0v) is 16.1. The maximum atomic E-state index is 4.93. The van der Waals surface area contributed by atoms with Gasteiger partial charge in [0.05, 0.1) is 11.4 Å². The third-order valence-corrected chi connectivity index (χ3v) is 5.01. The van der Waals surface area contributed by atoms with Crippen LogP contribution in [-0.4, -0.2) is 33.0 Å². The Bertz CT molecular complexity index is 805. The van der Waals surface area contributed by atoms with Crippen LogP contribution in [0.3, 0.4) is 0 Å². The number of piperidine rings is 1. The summed E-state index contributed by atoms with van der Waals surface area (Å²) in [7, 11) is 0. The first-order chi connectivity index (χ1) is 11.8. The SMILES string of the molecule is CCC1CCCCN1c1nc(C)[nH]c2cc(-c3ccccc3)nc1-2.Cl.O. The van der Waals surface area contributed by atoms with Gasteiger partial charge in [0.1, 0.15) is 11.5 Å². The lowest BCUT2D eigenvalue weighted by Crippen LogP contribution is -2.40. The van der Waals surface area contributed by atoms with Gasteiger partial charge in [-0.05, 0) is 38.7 Å². The number of rotatable bonds is 3. The smallest absolute Gasteiger partial charge is 0.159 e. The van der Waals surface area contributed by atoms with Crippen molar-refractivity contribution in [2.75, 3.05) is 11.4 Å². The first-order valence-electron chi connectivity index (χ1n) is 8.95. The van der Waals surface area contributed by atoms with Crippen LogP contribution < -0.4 is 4.90 Å². The number of aromatic amines is 1. The molecular formula is C20H27ClN4O. The van der Waals surface area contributed by atoms with Crippen molar-refractivity contribution in [1.82, 2.24) is 15.0 Å². The molecule has 1 aromatic rings. The number of nitrogens with one attached hydrogen (secondary N) is 1. The molecule has 3 aliphatic rings. The van der Waals surface area contributed by atoms with Gasteiger partial charge in [0.25, 0.3) is 0 Å². The Morgan fingerprint density at radius 1 is 1.15 bits per heavy atom. The molecule has 0 radical (unpaired) electrons. The van der Waals surface area contributed by atoms with Crippen molar-refractivity contribution in [2.45, 2.75) is 45.6 Å². The van der Waals surface area contributed by atoms with E-state index in [1.54, 1.807) is 0 Å². The van der Waals surface area contributed by atoms with Crippen LogP contribution in [0.15, 0.2) is 36.4 Å². The molecule has 1 saturated heterocycles. The number of hydrogen-bond donors (Lipinski definition) is 1. The summed E-state index contributed by atoms with van der Waals surface area (Å²) in [5, 5.41) is 0. The normalized spacial score (nSPS) is 16.8. The molecule has 26 heavy (non-hydrogen) atoms. The summed E-state index contributed by atoms with van der Waals surface area (Å²) in [6.45, 7) is 5.39. The molecule has 0 saturated carbocycles. The van der Waals surface area contributed by atoms with Crippen LogP contribution in [0.1, 0.15) is 38.4 Å². The summed E-state index contributed by atoms with van der Waals surface area (Å²) >= 11 is 0. The van der Waals surface area contributed by atoms with Crippen LogP contribution in [0.4, 0.5) is 5.82 Å². The third-order valence-electron chi connectivity index (χ3n) is 5.01. The molecule has 0 aromatic heterocycles. The second-order valence-corrected chi connectivity index (χ2v) is 6.67. The first-order valence-corrected chi connectivity index (χ1v) is 8.95. The monoisotopic (exact) mass is 374 g/mol. The average molecular weight is 375 g/mol. The van der Waals surface area contributed by atoms with E-state index < -0.39 is 0 Å². The first kappa shape index (κ1) is 20.2. The van der Waals surface area contributed by atoms with Crippen molar-refractivity contribution in [2.24, 2.45) is 0 Å². The number of fused-ring (bicyclic) bond motifs is 1. The Morgan fingerprint density at radius 3 is 2.65 bits per heavy atom. The van der Waals surface area contributed by atoms with Gasteiger partial charge in [0, 0.05) is 18.2 Å². The molecule has 3 heterocycles. The van der Waals surface area contributed by atoms with Crippen molar-refractivity contribution < 1.29 is 5.48 Å². The molecule has 0 bridgehead atoms. The molecule has 0 spiro atoms. The molecular weight excluding hydrogens is 348 g/mol. The fraction of sp³-hybridized carbons (Fsp3) is 0.400. The van der Waals surface area contributed by atoms with Gasteiger partial charge in [0.2, 0.25) is 0 Å². The Kier molecular flexibility index (Phi) is 6.62. The number of aromatic nitrogens is 3. The predicted octanol–water partition coefficient (Wildman–Crippen LogP) is 4.25. The Hall–Kier alpha value is -2.11. The van der Waals surface area contributed by atoms with Crippen LogP contribution in [-0.2, 0) is 0 Å². The number of H-pyrrole nitrogens is 1. The zero-order valence-electron chi connectivity index (χ0n) is 15.3. The number of aryl methyl sites for hydroxylation is 1. The molecule has 1 atom stereocenters. The topological polar surface area (TPSA) is 76.3 Å². The van der Waals surface area contributed by atoms with Gasteiger partial charge in [-0.15, -0.1) is 12.4 Å². The lowest BCUT2D eigenvalue weighted by atomic mass is 9.99. The second-order valence-electron chi connectivity index (χ2n) is 6.67. The number of anilines is 1. The zero-order chi connectivity index (χ0) is 16.5. The summed E-state index contributed by atoms with van der Waals surface area (Å²) in [6, 6.07) is 13.1. The molecule has 3 aliphatic heterocycles. The number of nitrogens with zero attached hydrogens (tertiary/aromatic N) is 3. The fourth-order valence-electron chi connectivity index (χ4n) is 3.78. The van der Waals surface area contributed by atoms with Gasteiger partial charge in [-0.1, -0.05) is 37.3 Å². The third kappa shape index (κ3) is 3.69. The summed E-state index contributed by atoms with van der Waals surface area (Å²) in [5.41, 5.74) is 4.24. The van der Waals surface area contributed by atoms with Crippen molar-refractivity contribution in [1.29, 1.82) is 0 Å². The number of halogens is 1. The standard InChI is InChI=1S/C20H24N4.ClH.H2O/c1-3-16-11-7-8-12-24(16)20-19-18(21-14(2)22-20)13-17(23-19)15-9-5-4-6-10-15;;/h4-6,9-10,13,16H,3,7-8,11-12H2,1-2H3,(H,21,22);1H;1H2. The molecule has 5 nitrogen and oxygen atoms in total. The van der Waals surface area contributed by atoms with Crippen molar-refractivity contribution in [3.05, 3.63) is 42.2 Å². The van der Waals surface area contributed by atoms with E-state index in [1.165, 1.54) is 19.3 Å². The highest BCUT2D eigenvalue weighted by Gasteiger charge is 2.27. The van der Waals surface area contributed by atoms with E-state index in [4.69, 9.17) is 9.97 Å². The van der Waals surface area contributed by atoms with Gasteiger partial charge in [-0.2, -0.15) is 0 Å². The van der Waals surface area contributed by atoms with E-state index in [2.05, 4.69) is 47.1 Å². The number of benzene rings is 1. The Labute approximate surface area is 160 Å². The second kappa shape index (κ2) is 8.52. The van der Waals surface area contributed by atoms with Crippen molar-refractivity contribution >= 4 is 18.2 Å². The van der Waals surface area contributed by atoms with E-state index in [0.717, 1.165) is 47.3 Å². The molecule has 1 unspecified atom stereocenters. The van der Waals surface area contributed by atoms with E-state index in [1.807, 2.05) is 13.0 Å². The van der Waals surface area contributed by atoms with Crippen molar-refractivity contribution in [3.63, 3.8) is 0 Å². The van der Waals surface area contributed by atoms with Gasteiger partial charge in [0.15, 0.2) is 5.82 Å². The molecule has 6 heteroatoms. The molecule has 0 amide bonds. The lowest BCUT2D eigenvalue weighted by Gasteiger charge is -2.37. The Balaban J connectivity index is 0.00000121.